The van der Waals surface area contributed by atoms with Gasteiger partial charge in [-0.05, 0) is 24.3 Å². The number of rotatable bonds is 6. The third-order valence-electron chi connectivity index (χ3n) is 7.17. The van der Waals surface area contributed by atoms with Gasteiger partial charge in [-0.3, -0.25) is 0 Å². The number of carbonyl (C=O) groups is 1. The van der Waals surface area contributed by atoms with Crippen LogP contribution in [0.25, 0.3) is 0 Å². The lowest BCUT2D eigenvalue weighted by atomic mass is 9.83. The molecule has 0 saturated carbocycles. The summed E-state index contributed by atoms with van der Waals surface area (Å²) in [6.07, 6.45) is -0.00810. The minimum atomic E-state index is -0.965. The predicted octanol–water partition coefficient (Wildman–Crippen LogP) is 6.02. The standard InChI is InChI=1S/C28H28F2NO3/c29-24-10-4-8-22(16-24)27(23-9-5-11-25(30)17-23)34-28(32)33-26-19-31(14-12-21(26)13-15-31)18-20-6-2-1-3-7-20/h1-11,16-17,21,26-27H,12-15,18-19H2/q+1/t21?,26-,31?/m0/s1. The Morgan fingerprint density at radius 3 is 2.09 bits per heavy atom. The van der Waals surface area contributed by atoms with Crippen LogP contribution in [0.4, 0.5) is 13.6 Å². The van der Waals surface area contributed by atoms with Crippen LogP contribution in [0.5, 0.6) is 0 Å². The number of hydrogen-bond donors (Lipinski definition) is 0. The molecule has 4 nitrogen and oxygen atoms in total. The lowest BCUT2D eigenvalue weighted by molar-refractivity contribution is -0.958. The summed E-state index contributed by atoms with van der Waals surface area (Å²) < 4.78 is 40.3. The third kappa shape index (κ3) is 4.97. The van der Waals surface area contributed by atoms with Gasteiger partial charge < -0.3 is 14.0 Å². The van der Waals surface area contributed by atoms with E-state index in [4.69, 9.17) is 9.47 Å². The van der Waals surface area contributed by atoms with Gasteiger partial charge in [-0.25, -0.2) is 13.6 Å². The fourth-order valence-electron chi connectivity index (χ4n) is 5.46. The number of fused-ring (bicyclic) bond motifs is 3. The number of nitrogens with zero attached hydrogens (tertiary/aromatic N) is 1. The molecule has 3 heterocycles. The van der Waals surface area contributed by atoms with Crippen LogP contribution in [0.3, 0.4) is 0 Å². The molecule has 3 fully saturated rings. The quantitative estimate of drug-likeness (QED) is 0.331. The molecule has 0 radical (unpaired) electrons. The van der Waals surface area contributed by atoms with Crippen LogP contribution in [0.1, 0.15) is 35.6 Å². The van der Waals surface area contributed by atoms with Gasteiger partial charge in [0.2, 0.25) is 0 Å². The first kappa shape index (κ1) is 22.5. The van der Waals surface area contributed by atoms with Gasteiger partial charge >= 0.3 is 6.16 Å². The molecule has 0 N–H and O–H groups in total. The topological polar surface area (TPSA) is 35.5 Å². The third-order valence-corrected chi connectivity index (χ3v) is 7.17. The van der Waals surface area contributed by atoms with Crippen molar-refractivity contribution in [1.82, 2.24) is 0 Å². The van der Waals surface area contributed by atoms with E-state index in [1.54, 1.807) is 12.1 Å². The molecule has 176 valence electrons. The second kappa shape index (κ2) is 9.55. The number of hydrogen-bond acceptors (Lipinski definition) is 3. The van der Waals surface area contributed by atoms with Gasteiger partial charge in [0.05, 0.1) is 13.1 Å². The average molecular weight is 465 g/mol. The van der Waals surface area contributed by atoms with Crippen LogP contribution in [-0.4, -0.2) is 36.4 Å². The first-order chi connectivity index (χ1) is 16.5. The first-order valence-electron chi connectivity index (χ1n) is 11.8. The second-order valence-electron chi connectivity index (χ2n) is 9.47. The van der Waals surface area contributed by atoms with Gasteiger partial charge in [-0.2, -0.15) is 0 Å². The highest BCUT2D eigenvalue weighted by atomic mass is 19.1. The van der Waals surface area contributed by atoms with Crippen molar-refractivity contribution in [2.75, 3.05) is 19.6 Å². The Kier molecular flexibility index (Phi) is 6.33. The van der Waals surface area contributed by atoms with Crippen molar-refractivity contribution in [3.05, 3.63) is 107 Å². The van der Waals surface area contributed by atoms with Crippen molar-refractivity contribution in [2.24, 2.45) is 5.92 Å². The zero-order chi connectivity index (χ0) is 23.5. The smallest absolute Gasteiger partial charge is 0.425 e. The monoisotopic (exact) mass is 464 g/mol. The summed E-state index contributed by atoms with van der Waals surface area (Å²) in [5, 5.41) is 0. The maximum Gasteiger partial charge on any atom is 0.509 e. The Labute approximate surface area is 198 Å². The van der Waals surface area contributed by atoms with E-state index in [1.165, 1.54) is 42.0 Å². The molecular formula is C28H28F2NO3+. The van der Waals surface area contributed by atoms with Crippen LogP contribution in [0.15, 0.2) is 78.9 Å². The molecule has 3 saturated heterocycles. The summed E-state index contributed by atoms with van der Waals surface area (Å²) in [6, 6.07) is 22.0. The molecule has 0 spiro atoms. The van der Waals surface area contributed by atoms with E-state index in [0.29, 0.717) is 17.0 Å². The summed E-state index contributed by atoms with van der Waals surface area (Å²) in [5.74, 6) is -0.605. The van der Waals surface area contributed by atoms with Crippen molar-refractivity contribution >= 4 is 6.16 Å². The lowest BCUT2D eigenvalue weighted by Gasteiger charge is -2.51. The molecule has 6 heteroatoms. The van der Waals surface area contributed by atoms with Crippen LogP contribution >= 0.6 is 0 Å². The van der Waals surface area contributed by atoms with Gasteiger partial charge in [-0.1, -0.05) is 54.6 Å². The van der Waals surface area contributed by atoms with E-state index >= 15 is 0 Å². The molecule has 34 heavy (non-hydrogen) atoms. The van der Waals surface area contributed by atoms with Crippen molar-refractivity contribution < 1.29 is 27.5 Å². The Morgan fingerprint density at radius 2 is 1.50 bits per heavy atom. The number of piperidine rings is 3. The molecule has 2 bridgehead atoms. The van der Waals surface area contributed by atoms with E-state index in [2.05, 4.69) is 24.3 Å². The summed E-state index contributed by atoms with van der Waals surface area (Å²) >= 11 is 0. The second-order valence-corrected chi connectivity index (χ2v) is 9.47. The van der Waals surface area contributed by atoms with E-state index in [9.17, 15) is 13.6 Å². The number of ether oxygens (including phenoxy) is 2. The predicted molar refractivity (Wildman–Crippen MR) is 124 cm³/mol. The average Bonchev–Trinajstić information content (AvgIpc) is 2.83. The van der Waals surface area contributed by atoms with E-state index < -0.39 is 23.9 Å². The van der Waals surface area contributed by atoms with Gasteiger partial charge in [0.1, 0.15) is 24.7 Å². The van der Waals surface area contributed by atoms with Gasteiger partial charge in [0.15, 0.2) is 12.2 Å². The Balaban J connectivity index is 1.31. The first-order valence-corrected chi connectivity index (χ1v) is 11.8. The van der Waals surface area contributed by atoms with Crippen molar-refractivity contribution in [2.45, 2.75) is 31.6 Å². The highest BCUT2D eigenvalue weighted by molar-refractivity contribution is 5.61. The van der Waals surface area contributed by atoms with Gasteiger partial charge in [0.25, 0.3) is 0 Å². The van der Waals surface area contributed by atoms with Gasteiger partial charge in [0, 0.05) is 35.4 Å². The fraction of sp³-hybridized carbons (Fsp3) is 0.321. The summed E-state index contributed by atoms with van der Waals surface area (Å²) in [5.41, 5.74) is 2.12. The highest BCUT2D eigenvalue weighted by Gasteiger charge is 2.48. The minimum Gasteiger partial charge on any atom is -0.425 e. The molecule has 3 aromatic rings. The van der Waals surface area contributed by atoms with E-state index in [1.807, 2.05) is 6.07 Å². The molecule has 3 aliphatic rings. The molecular weight excluding hydrogens is 436 g/mol. The van der Waals surface area contributed by atoms with Crippen LogP contribution in [0, 0.1) is 17.6 Å². The minimum absolute atomic E-state index is 0.237. The van der Waals surface area contributed by atoms with Crippen LogP contribution in [-0.2, 0) is 16.0 Å². The Hall–Kier alpha value is -3.25. The summed E-state index contributed by atoms with van der Waals surface area (Å²) in [4.78, 5) is 12.9. The van der Waals surface area contributed by atoms with E-state index in [-0.39, 0.29) is 6.10 Å². The van der Waals surface area contributed by atoms with Crippen molar-refractivity contribution in [3.63, 3.8) is 0 Å². The van der Waals surface area contributed by atoms with Crippen molar-refractivity contribution in [1.29, 1.82) is 0 Å². The van der Waals surface area contributed by atoms with E-state index in [0.717, 1.165) is 43.5 Å². The largest absolute Gasteiger partial charge is 0.509 e. The number of benzene rings is 3. The molecule has 3 aromatic carbocycles. The Morgan fingerprint density at radius 1 is 0.882 bits per heavy atom. The number of quaternary nitrogens is 1. The molecule has 3 aliphatic heterocycles. The molecule has 0 aliphatic carbocycles. The zero-order valence-corrected chi connectivity index (χ0v) is 18.9. The van der Waals surface area contributed by atoms with Gasteiger partial charge in [-0.15, -0.1) is 0 Å². The van der Waals surface area contributed by atoms with Crippen molar-refractivity contribution in [3.8, 4) is 0 Å². The maximum atomic E-state index is 13.9. The molecule has 0 unspecified atom stereocenters. The summed E-state index contributed by atoms with van der Waals surface area (Å²) in [6.45, 7) is 3.81. The Bertz CT molecular complexity index is 1100. The normalized spacial score (nSPS) is 23.6. The maximum absolute atomic E-state index is 13.9. The highest BCUT2D eigenvalue weighted by Crippen LogP contribution is 2.37. The SMILES string of the molecule is O=C(OC(c1cccc(F)c1)c1cccc(F)c1)O[C@H]1C[N+]2(Cc3ccccc3)CCC1CC2. The molecule has 6 rings (SSSR count). The molecule has 1 atom stereocenters. The summed E-state index contributed by atoms with van der Waals surface area (Å²) in [7, 11) is 0. The number of carbonyl (C=O) groups excluding carboxylic acids is 1. The molecule has 0 amide bonds. The van der Waals surface area contributed by atoms with Crippen LogP contribution < -0.4 is 0 Å². The van der Waals surface area contributed by atoms with Crippen LogP contribution in [0.2, 0.25) is 0 Å². The lowest BCUT2D eigenvalue weighted by Crippen LogP contribution is -2.63. The fourth-order valence-corrected chi connectivity index (χ4v) is 5.46. The number of halogens is 2. The zero-order valence-electron chi connectivity index (χ0n) is 18.9. The molecule has 0 aromatic heterocycles.